The molecule has 1 N–H and O–H groups in total. The number of alkyl carbamates (subject to hydrolysis) is 1. The Bertz CT molecular complexity index is 565. The average Bonchev–Trinajstić information content (AvgIpc) is 2.67. The van der Waals surface area contributed by atoms with Gasteiger partial charge in [-0.05, 0) is 39.8 Å². The van der Waals surface area contributed by atoms with E-state index in [4.69, 9.17) is 9.15 Å². The van der Waals surface area contributed by atoms with Crippen LogP contribution in [0.2, 0.25) is 0 Å². The number of ether oxygens (including phenoxy) is 1. The van der Waals surface area contributed by atoms with Gasteiger partial charge < -0.3 is 14.5 Å². The van der Waals surface area contributed by atoms with E-state index in [1.54, 1.807) is 0 Å². The molecule has 1 aromatic carbocycles. The van der Waals surface area contributed by atoms with Gasteiger partial charge >= 0.3 is 6.09 Å². The maximum absolute atomic E-state index is 11.6. The molecule has 108 valence electrons. The van der Waals surface area contributed by atoms with Gasteiger partial charge in [-0.1, -0.05) is 12.1 Å². The van der Waals surface area contributed by atoms with Crippen LogP contribution in [0.25, 0.3) is 11.1 Å². The number of nitrogens with one attached hydrogen (secondary N) is 1. The smallest absolute Gasteiger partial charge is 0.407 e. The van der Waals surface area contributed by atoms with E-state index in [9.17, 15) is 4.79 Å². The van der Waals surface area contributed by atoms with Crippen LogP contribution < -0.4 is 5.32 Å². The first-order valence-electron chi connectivity index (χ1n) is 6.67. The number of carbonyl (C=O) groups is 1. The highest BCUT2D eigenvalue weighted by Gasteiger charge is 2.18. The molecule has 5 heteroatoms. The molecule has 1 atom stereocenters. The third-order valence-corrected chi connectivity index (χ3v) is 2.58. The molecule has 0 radical (unpaired) electrons. The summed E-state index contributed by atoms with van der Waals surface area (Å²) >= 11 is 0. The third-order valence-electron chi connectivity index (χ3n) is 2.58. The van der Waals surface area contributed by atoms with Gasteiger partial charge in [0.1, 0.15) is 11.1 Å². The zero-order valence-corrected chi connectivity index (χ0v) is 12.3. The summed E-state index contributed by atoms with van der Waals surface area (Å²) in [4.78, 5) is 16.0. The summed E-state index contributed by atoms with van der Waals surface area (Å²) in [5, 5.41) is 2.77. The van der Waals surface area contributed by atoms with Crippen molar-refractivity contribution in [2.45, 2.75) is 45.8 Å². The normalized spacial score (nSPS) is 13.2. The van der Waals surface area contributed by atoms with Crippen LogP contribution in [0, 0.1) is 0 Å². The minimum absolute atomic E-state index is 0.113. The van der Waals surface area contributed by atoms with Gasteiger partial charge in [-0.15, -0.1) is 0 Å². The van der Waals surface area contributed by atoms with Crippen molar-refractivity contribution in [1.82, 2.24) is 10.3 Å². The zero-order valence-electron chi connectivity index (χ0n) is 12.3. The van der Waals surface area contributed by atoms with E-state index >= 15 is 0 Å². The average molecular weight is 276 g/mol. The molecule has 0 saturated carbocycles. The molecule has 1 heterocycles. The maximum Gasteiger partial charge on any atom is 0.407 e. The summed E-state index contributed by atoms with van der Waals surface area (Å²) in [6.07, 6.45) is 0.0922. The van der Waals surface area contributed by atoms with Crippen LogP contribution in [-0.4, -0.2) is 22.7 Å². The number of oxazole rings is 1. The molecule has 0 fully saturated rings. The third kappa shape index (κ3) is 3.98. The molecule has 0 aliphatic carbocycles. The van der Waals surface area contributed by atoms with Gasteiger partial charge in [0.15, 0.2) is 11.5 Å². The van der Waals surface area contributed by atoms with Crippen molar-refractivity contribution in [2.75, 3.05) is 0 Å². The van der Waals surface area contributed by atoms with E-state index in [0.717, 1.165) is 11.1 Å². The Morgan fingerprint density at radius 3 is 2.75 bits per heavy atom. The predicted octanol–water partition coefficient (Wildman–Crippen LogP) is 3.28. The fraction of sp³-hybridized carbons (Fsp3) is 0.467. The second-order valence-electron chi connectivity index (χ2n) is 5.83. The number of para-hydroxylation sites is 2. The van der Waals surface area contributed by atoms with Crippen molar-refractivity contribution in [3.63, 3.8) is 0 Å². The van der Waals surface area contributed by atoms with Crippen molar-refractivity contribution in [3.05, 3.63) is 30.2 Å². The van der Waals surface area contributed by atoms with Crippen LogP contribution in [0.3, 0.4) is 0 Å². The molecular formula is C15H20N2O3. The van der Waals surface area contributed by atoms with Crippen molar-refractivity contribution >= 4 is 17.2 Å². The molecule has 0 saturated heterocycles. The van der Waals surface area contributed by atoms with Gasteiger partial charge in [0, 0.05) is 12.5 Å². The molecular weight excluding hydrogens is 256 g/mol. The number of hydrogen-bond donors (Lipinski definition) is 1. The first-order valence-corrected chi connectivity index (χ1v) is 6.67. The van der Waals surface area contributed by atoms with E-state index in [-0.39, 0.29) is 6.04 Å². The Hall–Kier alpha value is -2.04. The van der Waals surface area contributed by atoms with E-state index in [1.807, 2.05) is 52.0 Å². The number of aromatic nitrogens is 1. The first kappa shape index (κ1) is 14.4. The maximum atomic E-state index is 11.6. The highest BCUT2D eigenvalue weighted by Crippen LogP contribution is 2.15. The van der Waals surface area contributed by atoms with Gasteiger partial charge in [-0.25, -0.2) is 9.78 Å². The lowest BCUT2D eigenvalue weighted by Gasteiger charge is -2.21. The second-order valence-corrected chi connectivity index (χ2v) is 5.83. The van der Waals surface area contributed by atoms with E-state index in [2.05, 4.69) is 10.3 Å². The first-order chi connectivity index (χ1) is 9.33. The Balaban J connectivity index is 1.94. The molecule has 0 aliphatic rings. The van der Waals surface area contributed by atoms with Crippen LogP contribution in [0.4, 0.5) is 4.79 Å². The lowest BCUT2D eigenvalue weighted by molar-refractivity contribution is 0.0507. The lowest BCUT2D eigenvalue weighted by Crippen LogP contribution is -2.38. The number of fused-ring (bicyclic) bond motifs is 1. The fourth-order valence-corrected chi connectivity index (χ4v) is 1.83. The Morgan fingerprint density at radius 2 is 2.10 bits per heavy atom. The number of rotatable bonds is 3. The van der Waals surface area contributed by atoms with Gasteiger partial charge in [-0.2, -0.15) is 0 Å². The largest absolute Gasteiger partial charge is 0.444 e. The van der Waals surface area contributed by atoms with Gasteiger partial charge in [0.05, 0.1) is 0 Å². The summed E-state index contributed by atoms with van der Waals surface area (Å²) in [6.45, 7) is 7.38. The number of carbonyl (C=O) groups excluding carboxylic acids is 1. The second kappa shape index (κ2) is 5.53. The molecule has 2 rings (SSSR count). The summed E-state index contributed by atoms with van der Waals surface area (Å²) in [7, 11) is 0. The van der Waals surface area contributed by atoms with Gasteiger partial charge in [0.25, 0.3) is 0 Å². The molecule has 20 heavy (non-hydrogen) atoms. The SMILES string of the molecule is C[C@@H](Cc1nc2ccccc2o1)NC(=O)OC(C)(C)C. The van der Waals surface area contributed by atoms with Crippen LogP contribution in [0.15, 0.2) is 28.7 Å². The summed E-state index contributed by atoms with van der Waals surface area (Å²) < 4.78 is 10.8. The molecule has 1 amide bonds. The van der Waals surface area contributed by atoms with Crippen LogP contribution >= 0.6 is 0 Å². The highest BCUT2D eigenvalue weighted by molar-refractivity contribution is 5.72. The minimum Gasteiger partial charge on any atom is -0.444 e. The van der Waals surface area contributed by atoms with Crippen molar-refractivity contribution in [3.8, 4) is 0 Å². The van der Waals surface area contributed by atoms with E-state index in [1.165, 1.54) is 0 Å². The number of nitrogens with zero attached hydrogens (tertiary/aromatic N) is 1. The summed E-state index contributed by atoms with van der Waals surface area (Å²) in [5.74, 6) is 0.606. The fourth-order valence-electron chi connectivity index (χ4n) is 1.83. The van der Waals surface area contributed by atoms with Crippen LogP contribution in [0.5, 0.6) is 0 Å². The van der Waals surface area contributed by atoms with Crippen LogP contribution in [-0.2, 0) is 11.2 Å². The zero-order chi connectivity index (χ0) is 14.8. The molecule has 0 spiro atoms. The topological polar surface area (TPSA) is 64.4 Å². The van der Waals surface area contributed by atoms with Crippen molar-refractivity contribution in [1.29, 1.82) is 0 Å². The molecule has 2 aromatic rings. The van der Waals surface area contributed by atoms with Gasteiger partial charge in [0.2, 0.25) is 0 Å². The molecule has 0 bridgehead atoms. The Kier molecular flexibility index (Phi) is 3.97. The van der Waals surface area contributed by atoms with Crippen LogP contribution in [0.1, 0.15) is 33.6 Å². The Labute approximate surface area is 118 Å². The van der Waals surface area contributed by atoms with Crippen molar-refractivity contribution < 1.29 is 13.9 Å². The monoisotopic (exact) mass is 276 g/mol. The molecule has 0 unspecified atom stereocenters. The standard InChI is InChI=1S/C15H20N2O3/c1-10(16-14(18)20-15(2,3)4)9-13-17-11-7-5-6-8-12(11)19-13/h5-8,10H,9H2,1-4H3,(H,16,18)/t10-/m0/s1. The van der Waals surface area contributed by atoms with E-state index < -0.39 is 11.7 Å². The quantitative estimate of drug-likeness (QED) is 0.934. The molecule has 0 aliphatic heterocycles. The van der Waals surface area contributed by atoms with Gasteiger partial charge in [-0.3, -0.25) is 0 Å². The van der Waals surface area contributed by atoms with E-state index in [0.29, 0.717) is 12.3 Å². The number of benzene rings is 1. The lowest BCUT2D eigenvalue weighted by atomic mass is 10.2. The number of hydrogen-bond acceptors (Lipinski definition) is 4. The highest BCUT2D eigenvalue weighted by atomic mass is 16.6. The molecule has 5 nitrogen and oxygen atoms in total. The summed E-state index contributed by atoms with van der Waals surface area (Å²) in [6, 6.07) is 7.47. The predicted molar refractivity (Wildman–Crippen MR) is 76.5 cm³/mol. The summed E-state index contributed by atoms with van der Waals surface area (Å²) in [5.41, 5.74) is 1.08. The minimum atomic E-state index is -0.499. The van der Waals surface area contributed by atoms with Crippen molar-refractivity contribution in [2.24, 2.45) is 0 Å². The number of amides is 1. The molecule has 1 aromatic heterocycles. The Morgan fingerprint density at radius 1 is 1.40 bits per heavy atom.